The number of carbonyl (C=O) groups excluding carboxylic acids is 1. The summed E-state index contributed by atoms with van der Waals surface area (Å²) in [6.45, 7) is 6.37. The second-order valence-electron chi connectivity index (χ2n) is 5.48. The van der Waals surface area contributed by atoms with E-state index in [0.717, 1.165) is 22.9 Å². The summed E-state index contributed by atoms with van der Waals surface area (Å²) in [4.78, 5) is 24.7. The zero-order valence-corrected chi connectivity index (χ0v) is 13.5. The molecule has 0 unspecified atom stereocenters. The van der Waals surface area contributed by atoms with Crippen molar-refractivity contribution < 1.29 is 14.7 Å². The Hall–Kier alpha value is -2.30. The Bertz CT molecular complexity index is 731. The van der Waals surface area contributed by atoms with E-state index in [9.17, 15) is 9.59 Å². The number of aromatic nitrogens is 1. The molecule has 2 aromatic rings. The Morgan fingerprint density at radius 2 is 1.95 bits per heavy atom. The second kappa shape index (κ2) is 6.22. The van der Waals surface area contributed by atoms with Crippen molar-refractivity contribution >= 4 is 22.8 Å². The number of amides is 1. The van der Waals surface area contributed by atoms with Gasteiger partial charge in [0, 0.05) is 24.5 Å². The Morgan fingerprint density at radius 3 is 2.50 bits per heavy atom. The standard InChI is InChI=1S/C17H22N2O3/c1-5-12-7-8-14-13(9-12)11(3)16(19(14)6-2)17(22)18(4)10-15(20)21/h7-9H,5-6,10H2,1-4H3,(H,20,21). The summed E-state index contributed by atoms with van der Waals surface area (Å²) in [5.74, 6) is -1.27. The van der Waals surface area contributed by atoms with Crippen LogP contribution in [0.4, 0.5) is 0 Å². The van der Waals surface area contributed by atoms with Crippen LogP contribution in [-0.2, 0) is 17.8 Å². The van der Waals surface area contributed by atoms with E-state index in [1.165, 1.54) is 17.5 Å². The van der Waals surface area contributed by atoms with Crippen molar-refractivity contribution in [2.24, 2.45) is 0 Å². The van der Waals surface area contributed by atoms with Crippen LogP contribution in [0.25, 0.3) is 10.9 Å². The van der Waals surface area contributed by atoms with Gasteiger partial charge in [-0.1, -0.05) is 13.0 Å². The summed E-state index contributed by atoms with van der Waals surface area (Å²) in [7, 11) is 1.52. The van der Waals surface area contributed by atoms with Crippen LogP contribution in [-0.4, -0.2) is 40.0 Å². The molecule has 1 amide bonds. The molecule has 0 aliphatic rings. The molecule has 5 heteroatoms. The second-order valence-corrected chi connectivity index (χ2v) is 5.48. The van der Waals surface area contributed by atoms with Gasteiger partial charge >= 0.3 is 5.97 Å². The number of aryl methyl sites for hydroxylation is 3. The van der Waals surface area contributed by atoms with Crippen LogP contribution < -0.4 is 0 Å². The van der Waals surface area contributed by atoms with E-state index in [2.05, 4.69) is 19.1 Å². The van der Waals surface area contributed by atoms with E-state index >= 15 is 0 Å². The lowest BCUT2D eigenvalue weighted by Gasteiger charge is -2.16. The maximum absolute atomic E-state index is 12.6. The normalized spacial score (nSPS) is 10.9. The molecule has 0 saturated carbocycles. The quantitative estimate of drug-likeness (QED) is 0.923. The largest absolute Gasteiger partial charge is 0.480 e. The molecule has 1 aromatic heterocycles. The molecule has 0 saturated heterocycles. The molecule has 0 fully saturated rings. The summed E-state index contributed by atoms with van der Waals surface area (Å²) >= 11 is 0. The average Bonchev–Trinajstić information content (AvgIpc) is 2.77. The van der Waals surface area contributed by atoms with E-state index < -0.39 is 5.97 Å². The Balaban J connectivity index is 2.60. The van der Waals surface area contributed by atoms with Crippen molar-refractivity contribution in [2.45, 2.75) is 33.7 Å². The minimum atomic E-state index is -1.01. The predicted molar refractivity (Wildman–Crippen MR) is 86.3 cm³/mol. The molecule has 22 heavy (non-hydrogen) atoms. The topological polar surface area (TPSA) is 62.5 Å². The van der Waals surface area contributed by atoms with Gasteiger partial charge in [0.05, 0.1) is 0 Å². The lowest BCUT2D eigenvalue weighted by molar-refractivity contribution is -0.137. The predicted octanol–water partition coefficient (Wildman–Crippen LogP) is 2.69. The maximum atomic E-state index is 12.6. The molecule has 0 aliphatic carbocycles. The van der Waals surface area contributed by atoms with Crippen molar-refractivity contribution in [1.82, 2.24) is 9.47 Å². The highest BCUT2D eigenvalue weighted by Crippen LogP contribution is 2.27. The number of hydrogen-bond acceptors (Lipinski definition) is 2. The van der Waals surface area contributed by atoms with Gasteiger partial charge in [-0.25, -0.2) is 0 Å². The molecule has 5 nitrogen and oxygen atoms in total. The molecular weight excluding hydrogens is 280 g/mol. The molecule has 118 valence electrons. The minimum absolute atomic E-state index is 0.254. The van der Waals surface area contributed by atoms with Crippen LogP contribution in [0.5, 0.6) is 0 Å². The Kier molecular flexibility index (Phi) is 4.54. The van der Waals surface area contributed by atoms with Crippen LogP contribution in [0.2, 0.25) is 0 Å². The summed E-state index contributed by atoms with van der Waals surface area (Å²) in [6.07, 6.45) is 0.939. The van der Waals surface area contributed by atoms with E-state index in [-0.39, 0.29) is 12.5 Å². The molecule has 0 spiro atoms. The number of aliphatic carboxylic acids is 1. The first-order valence-electron chi connectivity index (χ1n) is 7.49. The van der Waals surface area contributed by atoms with Crippen molar-refractivity contribution in [1.29, 1.82) is 0 Å². The Morgan fingerprint density at radius 1 is 1.27 bits per heavy atom. The highest BCUT2D eigenvalue weighted by molar-refractivity contribution is 6.02. The van der Waals surface area contributed by atoms with Gasteiger partial charge in [0.2, 0.25) is 0 Å². The minimum Gasteiger partial charge on any atom is -0.480 e. The zero-order chi connectivity index (χ0) is 16.4. The van der Waals surface area contributed by atoms with Gasteiger partial charge in [-0.3, -0.25) is 9.59 Å². The third kappa shape index (κ3) is 2.71. The first-order chi connectivity index (χ1) is 10.4. The number of carboxylic acids is 1. The molecule has 0 atom stereocenters. The highest BCUT2D eigenvalue weighted by Gasteiger charge is 2.23. The fraction of sp³-hybridized carbons (Fsp3) is 0.412. The summed E-state index contributed by atoms with van der Waals surface area (Å²) in [5, 5.41) is 9.95. The monoisotopic (exact) mass is 302 g/mol. The lowest BCUT2D eigenvalue weighted by atomic mass is 10.1. The van der Waals surface area contributed by atoms with Crippen LogP contribution >= 0.6 is 0 Å². The number of nitrogens with zero attached hydrogens (tertiary/aromatic N) is 2. The number of likely N-dealkylation sites (N-methyl/N-ethyl adjacent to an activating group) is 1. The van der Waals surface area contributed by atoms with Gasteiger partial charge < -0.3 is 14.6 Å². The number of hydrogen-bond donors (Lipinski definition) is 1. The SMILES string of the molecule is CCc1ccc2c(c1)c(C)c(C(=O)N(C)CC(=O)O)n2CC. The number of benzene rings is 1. The van der Waals surface area contributed by atoms with Crippen LogP contribution in [0, 0.1) is 6.92 Å². The van der Waals surface area contributed by atoms with Crippen molar-refractivity contribution in [3.8, 4) is 0 Å². The highest BCUT2D eigenvalue weighted by atomic mass is 16.4. The van der Waals surface area contributed by atoms with Gasteiger partial charge in [0.15, 0.2) is 0 Å². The van der Waals surface area contributed by atoms with Gasteiger partial charge in [-0.15, -0.1) is 0 Å². The fourth-order valence-electron chi connectivity index (χ4n) is 2.85. The van der Waals surface area contributed by atoms with Gasteiger partial charge in [0.1, 0.15) is 12.2 Å². The molecule has 1 N–H and O–H groups in total. The maximum Gasteiger partial charge on any atom is 0.323 e. The first kappa shape index (κ1) is 16.1. The van der Waals surface area contributed by atoms with E-state index in [1.54, 1.807) is 0 Å². The Labute approximate surface area is 130 Å². The number of carboxylic acid groups (broad SMARTS) is 1. The molecule has 2 rings (SSSR count). The third-order valence-corrected chi connectivity index (χ3v) is 4.03. The van der Waals surface area contributed by atoms with Gasteiger partial charge in [-0.05, 0) is 43.5 Å². The van der Waals surface area contributed by atoms with E-state index in [1.807, 2.05) is 24.5 Å². The summed E-state index contributed by atoms with van der Waals surface area (Å²) < 4.78 is 1.96. The van der Waals surface area contributed by atoms with E-state index in [4.69, 9.17) is 5.11 Å². The molecular formula is C17H22N2O3. The average molecular weight is 302 g/mol. The van der Waals surface area contributed by atoms with Crippen molar-refractivity contribution in [3.63, 3.8) is 0 Å². The van der Waals surface area contributed by atoms with Crippen LogP contribution in [0.3, 0.4) is 0 Å². The number of carbonyl (C=O) groups is 2. The zero-order valence-electron chi connectivity index (χ0n) is 13.5. The first-order valence-corrected chi connectivity index (χ1v) is 7.49. The smallest absolute Gasteiger partial charge is 0.323 e. The number of rotatable bonds is 5. The van der Waals surface area contributed by atoms with Crippen LogP contribution in [0.15, 0.2) is 18.2 Å². The van der Waals surface area contributed by atoms with E-state index in [0.29, 0.717) is 12.2 Å². The lowest BCUT2D eigenvalue weighted by Crippen LogP contribution is -2.33. The third-order valence-electron chi connectivity index (χ3n) is 4.03. The summed E-state index contributed by atoms with van der Waals surface area (Å²) in [6, 6.07) is 6.23. The fourth-order valence-corrected chi connectivity index (χ4v) is 2.85. The van der Waals surface area contributed by atoms with Crippen molar-refractivity contribution in [3.05, 3.63) is 35.0 Å². The molecule has 1 aromatic carbocycles. The molecule has 0 radical (unpaired) electrons. The molecule has 0 bridgehead atoms. The van der Waals surface area contributed by atoms with Gasteiger partial charge in [-0.2, -0.15) is 0 Å². The summed E-state index contributed by atoms with van der Waals surface area (Å²) in [5.41, 5.74) is 3.73. The van der Waals surface area contributed by atoms with Crippen molar-refractivity contribution in [2.75, 3.05) is 13.6 Å². The molecule has 0 aliphatic heterocycles. The van der Waals surface area contributed by atoms with Crippen LogP contribution in [0.1, 0.15) is 35.5 Å². The van der Waals surface area contributed by atoms with Gasteiger partial charge in [0.25, 0.3) is 5.91 Å². The number of fused-ring (bicyclic) bond motifs is 1. The molecule has 1 heterocycles.